The SMILES string of the molecule is CCCCCCOS(=O)(=S)ON. The van der Waals surface area contributed by atoms with Crippen LogP contribution < -0.4 is 5.90 Å². The quantitative estimate of drug-likeness (QED) is 0.506. The van der Waals surface area contributed by atoms with Crippen LogP contribution in [-0.4, -0.2) is 10.8 Å². The second-order valence-electron chi connectivity index (χ2n) is 2.39. The second kappa shape index (κ2) is 6.73. The maximum Gasteiger partial charge on any atom is 0.285 e. The van der Waals surface area contributed by atoms with Crippen LogP contribution in [0.2, 0.25) is 0 Å². The Labute approximate surface area is 78.5 Å². The van der Waals surface area contributed by atoms with Crippen molar-refractivity contribution in [2.24, 2.45) is 5.90 Å². The molecule has 0 saturated carbocycles. The predicted molar refractivity (Wildman–Crippen MR) is 50.9 cm³/mol. The molecular weight excluding hydrogens is 198 g/mol. The van der Waals surface area contributed by atoms with Crippen molar-refractivity contribution in [2.75, 3.05) is 6.61 Å². The fourth-order valence-corrected chi connectivity index (χ4v) is 1.30. The molecular formula is C6H15NO3S2. The van der Waals surface area contributed by atoms with Crippen molar-refractivity contribution < 1.29 is 12.7 Å². The van der Waals surface area contributed by atoms with E-state index in [-0.39, 0.29) is 0 Å². The van der Waals surface area contributed by atoms with Gasteiger partial charge in [0.25, 0.3) is 9.05 Å². The molecule has 0 aliphatic carbocycles. The fourth-order valence-electron chi connectivity index (χ4n) is 0.718. The van der Waals surface area contributed by atoms with E-state index in [1.54, 1.807) is 0 Å². The Hall–Kier alpha value is 0.250. The smallest absolute Gasteiger partial charge is 0.268 e. The highest BCUT2D eigenvalue weighted by Crippen LogP contribution is 2.01. The zero-order chi connectivity index (χ0) is 9.45. The molecule has 0 amide bonds. The van der Waals surface area contributed by atoms with Crippen LogP contribution in [0.5, 0.6) is 0 Å². The molecule has 0 aromatic carbocycles. The zero-order valence-electron chi connectivity index (χ0n) is 7.15. The summed E-state index contributed by atoms with van der Waals surface area (Å²) in [6.07, 6.45) is 4.18. The maximum absolute atomic E-state index is 10.8. The maximum atomic E-state index is 10.8. The third kappa shape index (κ3) is 6.93. The van der Waals surface area contributed by atoms with Gasteiger partial charge in [-0.25, -0.2) is 0 Å². The van der Waals surface area contributed by atoms with E-state index < -0.39 is 9.05 Å². The first-order valence-corrected chi connectivity index (χ1v) is 6.23. The van der Waals surface area contributed by atoms with Gasteiger partial charge in [0, 0.05) is 11.2 Å². The summed E-state index contributed by atoms with van der Waals surface area (Å²) < 4.78 is 19.5. The highest BCUT2D eigenvalue weighted by atomic mass is 32.9. The molecule has 0 aliphatic rings. The Balaban J connectivity index is 3.32. The normalized spacial score (nSPS) is 15.8. The molecule has 0 rings (SSSR count). The minimum atomic E-state index is -3.10. The van der Waals surface area contributed by atoms with Gasteiger partial charge in [-0.05, 0) is 6.42 Å². The van der Waals surface area contributed by atoms with Crippen molar-refractivity contribution in [1.82, 2.24) is 0 Å². The van der Waals surface area contributed by atoms with Crippen LogP contribution in [0.1, 0.15) is 32.6 Å². The van der Waals surface area contributed by atoms with E-state index in [9.17, 15) is 4.21 Å². The van der Waals surface area contributed by atoms with E-state index in [2.05, 4.69) is 28.3 Å². The Morgan fingerprint density at radius 1 is 1.42 bits per heavy atom. The molecule has 1 atom stereocenters. The van der Waals surface area contributed by atoms with Gasteiger partial charge in [-0.15, -0.1) is 0 Å². The van der Waals surface area contributed by atoms with Crippen molar-refractivity contribution in [3.8, 4) is 0 Å². The minimum Gasteiger partial charge on any atom is -0.268 e. The van der Waals surface area contributed by atoms with Gasteiger partial charge in [-0.2, -0.15) is 14.4 Å². The first-order valence-electron chi connectivity index (χ1n) is 3.90. The van der Waals surface area contributed by atoms with Crippen molar-refractivity contribution in [1.29, 1.82) is 0 Å². The Morgan fingerprint density at radius 3 is 2.58 bits per heavy atom. The first kappa shape index (κ1) is 12.2. The van der Waals surface area contributed by atoms with Gasteiger partial charge in [-0.1, -0.05) is 26.2 Å². The summed E-state index contributed by atoms with van der Waals surface area (Å²) in [5, 5.41) is 0. The first-order chi connectivity index (χ1) is 5.62. The van der Waals surface area contributed by atoms with Crippen molar-refractivity contribution >= 4 is 20.2 Å². The lowest BCUT2D eigenvalue weighted by molar-refractivity contribution is 0.247. The average molecular weight is 213 g/mol. The van der Waals surface area contributed by atoms with E-state index in [0.29, 0.717) is 6.61 Å². The van der Waals surface area contributed by atoms with Gasteiger partial charge in [0.15, 0.2) is 0 Å². The van der Waals surface area contributed by atoms with Crippen LogP contribution in [0.3, 0.4) is 0 Å². The molecule has 6 heteroatoms. The lowest BCUT2D eigenvalue weighted by atomic mass is 10.2. The average Bonchev–Trinajstić information content (AvgIpc) is 2.04. The fraction of sp³-hybridized carbons (Fsp3) is 1.00. The molecule has 0 spiro atoms. The van der Waals surface area contributed by atoms with E-state index in [0.717, 1.165) is 25.7 Å². The monoisotopic (exact) mass is 213 g/mol. The van der Waals surface area contributed by atoms with Gasteiger partial charge in [-0.3, -0.25) is 4.18 Å². The van der Waals surface area contributed by atoms with Gasteiger partial charge < -0.3 is 0 Å². The molecule has 0 radical (unpaired) electrons. The molecule has 0 heterocycles. The molecule has 0 aromatic heterocycles. The molecule has 4 nitrogen and oxygen atoms in total. The van der Waals surface area contributed by atoms with Crippen LogP contribution in [-0.2, 0) is 28.7 Å². The molecule has 0 saturated heterocycles. The van der Waals surface area contributed by atoms with Crippen LogP contribution >= 0.6 is 0 Å². The summed E-state index contributed by atoms with van der Waals surface area (Å²) in [6, 6.07) is 0. The molecule has 0 aromatic rings. The van der Waals surface area contributed by atoms with Crippen molar-refractivity contribution in [3.63, 3.8) is 0 Å². The number of rotatable bonds is 7. The Bertz CT molecular complexity index is 191. The Morgan fingerprint density at radius 2 is 2.08 bits per heavy atom. The summed E-state index contributed by atoms with van der Waals surface area (Å²) in [5.74, 6) is 4.64. The largest absolute Gasteiger partial charge is 0.285 e. The summed E-state index contributed by atoms with van der Waals surface area (Å²) in [7, 11) is -3.10. The van der Waals surface area contributed by atoms with Crippen LogP contribution in [0.25, 0.3) is 0 Å². The third-order valence-corrected chi connectivity index (χ3v) is 2.56. The third-order valence-electron chi connectivity index (χ3n) is 1.34. The van der Waals surface area contributed by atoms with Gasteiger partial charge >= 0.3 is 0 Å². The molecule has 0 bridgehead atoms. The molecule has 0 fully saturated rings. The topological polar surface area (TPSA) is 61.5 Å². The van der Waals surface area contributed by atoms with E-state index in [4.69, 9.17) is 4.18 Å². The predicted octanol–water partition coefficient (Wildman–Crippen LogP) is 1.05. The number of hydrogen-bond acceptors (Lipinski definition) is 5. The summed E-state index contributed by atoms with van der Waals surface area (Å²) in [4.78, 5) is 0. The van der Waals surface area contributed by atoms with E-state index >= 15 is 0 Å². The molecule has 0 aliphatic heterocycles. The lowest BCUT2D eigenvalue weighted by Gasteiger charge is -2.03. The molecule has 2 N–H and O–H groups in total. The van der Waals surface area contributed by atoms with Gasteiger partial charge in [0.1, 0.15) is 0 Å². The van der Waals surface area contributed by atoms with E-state index in [1.165, 1.54) is 0 Å². The number of hydrogen-bond donors (Lipinski definition) is 1. The van der Waals surface area contributed by atoms with Crippen LogP contribution in [0.4, 0.5) is 0 Å². The minimum absolute atomic E-state index is 0.347. The van der Waals surface area contributed by atoms with Crippen molar-refractivity contribution in [3.05, 3.63) is 0 Å². The molecule has 12 heavy (non-hydrogen) atoms. The van der Waals surface area contributed by atoms with Gasteiger partial charge in [0.2, 0.25) is 0 Å². The van der Waals surface area contributed by atoms with Gasteiger partial charge in [0.05, 0.1) is 6.61 Å². The summed E-state index contributed by atoms with van der Waals surface area (Å²) in [5.41, 5.74) is 0. The highest BCUT2D eigenvalue weighted by Gasteiger charge is 2.03. The molecule has 74 valence electrons. The number of nitrogens with two attached hydrogens (primary N) is 1. The zero-order valence-corrected chi connectivity index (χ0v) is 8.79. The lowest BCUT2D eigenvalue weighted by Crippen LogP contribution is -2.13. The summed E-state index contributed by atoms with van der Waals surface area (Å²) >= 11 is 4.38. The van der Waals surface area contributed by atoms with Crippen molar-refractivity contribution in [2.45, 2.75) is 32.6 Å². The highest BCUT2D eigenvalue weighted by molar-refractivity contribution is 8.27. The standard InChI is InChI=1S/C6H15NO3S2/c1-2-3-4-5-6-9-12(8,11)10-7/h2-7H2,1H3. The van der Waals surface area contributed by atoms with Crippen LogP contribution in [0, 0.1) is 0 Å². The molecule has 1 unspecified atom stereocenters. The summed E-state index contributed by atoms with van der Waals surface area (Å²) in [6.45, 7) is 2.46. The second-order valence-corrected chi connectivity index (χ2v) is 4.86. The Kier molecular flexibility index (Phi) is 6.87. The van der Waals surface area contributed by atoms with E-state index in [1.807, 2.05) is 0 Å². The van der Waals surface area contributed by atoms with Crippen LogP contribution in [0.15, 0.2) is 0 Å². The number of unbranched alkanes of at least 4 members (excludes halogenated alkanes) is 3.